The number of hydrogen-bond donors (Lipinski definition) is 1. The van der Waals surface area contributed by atoms with E-state index in [1.54, 1.807) is 0 Å². The van der Waals surface area contributed by atoms with E-state index in [1.165, 1.54) is 11.1 Å². The number of benzene rings is 5. The van der Waals surface area contributed by atoms with Crippen molar-refractivity contribution in [1.29, 1.82) is 0 Å². The molecule has 5 rings (SSSR count). The molecule has 262 valence electrons. The summed E-state index contributed by atoms with van der Waals surface area (Å²) < 4.78 is 12.4. The van der Waals surface area contributed by atoms with Crippen molar-refractivity contribution in [2.45, 2.75) is 31.3 Å². The van der Waals surface area contributed by atoms with Crippen molar-refractivity contribution in [3.05, 3.63) is 179 Å². The third-order valence-electron chi connectivity index (χ3n) is 8.25. The third-order valence-corrected chi connectivity index (χ3v) is 8.25. The molecule has 5 aromatic carbocycles. The summed E-state index contributed by atoms with van der Waals surface area (Å²) in [4.78, 5) is 4.28. The zero-order valence-corrected chi connectivity index (χ0v) is 30.7. The Bertz CT molecular complexity index is 1440. The van der Waals surface area contributed by atoms with Crippen molar-refractivity contribution < 1.29 is 14.6 Å². The van der Waals surface area contributed by atoms with Crippen LogP contribution in [0.4, 0.5) is 0 Å². The van der Waals surface area contributed by atoms with E-state index < -0.39 is 6.10 Å². The number of hydrogen-bond acceptors (Lipinski definition) is 5. The molecule has 0 aliphatic carbocycles. The summed E-state index contributed by atoms with van der Waals surface area (Å²) in [5.41, 5.74) is 5.64. The van der Waals surface area contributed by atoms with Crippen LogP contribution >= 0.6 is 24.8 Å². The van der Waals surface area contributed by atoms with Crippen molar-refractivity contribution in [3.63, 3.8) is 0 Å². The van der Waals surface area contributed by atoms with Gasteiger partial charge in [-0.2, -0.15) is 0 Å². The predicted octanol–water partition coefficient (Wildman–Crippen LogP) is 9.04. The molecule has 2 atom stereocenters. The first kappa shape index (κ1) is 41.7. The summed E-state index contributed by atoms with van der Waals surface area (Å²) in [6.07, 6.45) is -0.599. The number of aliphatic hydroxyl groups excluding tert-OH is 1. The molecule has 2 unspecified atom stereocenters. The summed E-state index contributed by atoms with van der Waals surface area (Å²) in [5.74, 6) is 0. The molecule has 0 aromatic heterocycles. The zero-order valence-electron chi connectivity index (χ0n) is 29.0. The van der Waals surface area contributed by atoms with Crippen LogP contribution in [0.15, 0.2) is 152 Å². The van der Waals surface area contributed by atoms with Gasteiger partial charge in [0.25, 0.3) is 0 Å². The second-order valence-corrected chi connectivity index (χ2v) is 12.0. The summed E-state index contributed by atoms with van der Waals surface area (Å²) >= 11 is 0. The fourth-order valence-corrected chi connectivity index (χ4v) is 5.32. The molecule has 0 saturated carbocycles. The van der Waals surface area contributed by atoms with E-state index in [0.29, 0.717) is 6.61 Å². The van der Waals surface area contributed by atoms with Crippen LogP contribution in [-0.4, -0.2) is 68.4 Å². The van der Waals surface area contributed by atoms with Crippen LogP contribution in [-0.2, 0) is 9.47 Å². The normalized spacial score (nSPS) is 12.1. The minimum absolute atomic E-state index is 0. The summed E-state index contributed by atoms with van der Waals surface area (Å²) in [6, 6.07) is 51.2. The molecule has 5 nitrogen and oxygen atoms in total. The molecule has 0 radical (unpaired) electrons. The van der Waals surface area contributed by atoms with Gasteiger partial charge in [-0.15, -0.1) is 24.8 Å². The Balaban J connectivity index is 0.000000349. The van der Waals surface area contributed by atoms with Gasteiger partial charge < -0.3 is 19.5 Å². The van der Waals surface area contributed by atoms with Gasteiger partial charge in [-0.05, 0) is 55.9 Å². The Kier molecular flexibility index (Phi) is 19.5. The van der Waals surface area contributed by atoms with E-state index in [2.05, 4.69) is 96.7 Å². The fraction of sp³-hybridized carbons (Fsp3) is 0.286. The quantitative estimate of drug-likeness (QED) is 0.118. The number of ether oxygens (including phenoxy) is 2. The first-order valence-corrected chi connectivity index (χ1v) is 16.4. The van der Waals surface area contributed by atoms with Gasteiger partial charge in [-0.3, -0.25) is 4.90 Å². The van der Waals surface area contributed by atoms with Crippen molar-refractivity contribution in [3.8, 4) is 0 Å². The van der Waals surface area contributed by atoms with E-state index in [-0.39, 0.29) is 43.1 Å². The molecular weight excluding hydrogens is 651 g/mol. The highest BCUT2D eigenvalue weighted by Gasteiger charge is 2.21. The number of aliphatic hydroxyl groups is 1. The molecule has 0 amide bonds. The zero-order chi connectivity index (χ0) is 33.3. The molecule has 5 aromatic rings. The van der Waals surface area contributed by atoms with E-state index in [4.69, 9.17) is 9.47 Å². The highest BCUT2D eigenvalue weighted by molar-refractivity contribution is 5.85. The first-order chi connectivity index (χ1) is 22.9. The molecule has 0 aliphatic rings. The van der Waals surface area contributed by atoms with Gasteiger partial charge in [0.2, 0.25) is 0 Å². The van der Waals surface area contributed by atoms with E-state index >= 15 is 0 Å². The summed E-state index contributed by atoms with van der Waals surface area (Å²) in [5, 5.41) is 10.6. The lowest BCUT2D eigenvalue weighted by atomic mass is 10.0. The van der Waals surface area contributed by atoms with Crippen molar-refractivity contribution in [1.82, 2.24) is 9.80 Å². The second kappa shape index (κ2) is 23.0. The van der Waals surface area contributed by atoms with Crippen LogP contribution in [0.2, 0.25) is 0 Å². The highest BCUT2D eigenvalue weighted by Crippen LogP contribution is 2.27. The smallest absolute Gasteiger partial charge is 0.108 e. The van der Waals surface area contributed by atoms with Crippen LogP contribution in [0.3, 0.4) is 0 Å². The van der Waals surface area contributed by atoms with Crippen LogP contribution in [0, 0.1) is 0 Å². The molecular formula is C42H52Cl2N2O3. The second-order valence-electron chi connectivity index (χ2n) is 12.0. The van der Waals surface area contributed by atoms with E-state index in [1.807, 2.05) is 92.8 Å². The third kappa shape index (κ3) is 13.7. The monoisotopic (exact) mass is 702 g/mol. The van der Waals surface area contributed by atoms with Gasteiger partial charge in [-0.25, -0.2) is 0 Å². The lowest BCUT2D eigenvalue weighted by Crippen LogP contribution is -2.36. The average molecular weight is 704 g/mol. The van der Waals surface area contributed by atoms with Gasteiger partial charge in [0.05, 0.1) is 19.3 Å². The van der Waals surface area contributed by atoms with Gasteiger partial charge in [0.1, 0.15) is 12.2 Å². The van der Waals surface area contributed by atoms with Gasteiger partial charge >= 0.3 is 0 Å². The van der Waals surface area contributed by atoms with Gasteiger partial charge in [0, 0.05) is 19.1 Å². The van der Waals surface area contributed by atoms with E-state index in [0.717, 1.165) is 36.4 Å². The Morgan fingerprint density at radius 3 is 1.06 bits per heavy atom. The molecule has 7 heteroatoms. The number of likely N-dealkylation sites (N-methyl/N-ethyl adjacent to an activating group) is 2. The number of halogens is 2. The molecule has 0 saturated heterocycles. The predicted molar refractivity (Wildman–Crippen MR) is 208 cm³/mol. The molecule has 0 bridgehead atoms. The van der Waals surface area contributed by atoms with E-state index in [9.17, 15) is 5.11 Å². The maximum atomic E-state index is 10.6. The lowest BCUT2D eigenvalue weighted by Gasteiger charge is -2.30. The van der Waals surface area contributed by atoms with Gasteiger partial charge in [0.15, 0.2) is 0 Å². The standard InChI is InChI=1S/C25H29NO2.C17H21NO.2ClH/c1-20(24(27)21-12-6-3-7-13-21)26(2)18-19-28-25(22-14-8-4-9-15-22)23-16-10-5-11-17-23;1-18(2)13-14-19-17(15-9-5-3-6-10-15)16-11-7-4-8-12-16;;/h3-17,20,24-25,27H,18-19H2,1-2H3;3-12,17H,13-14H2,1-2H3;2*1H. The SMILES string of the molecule is CC(C(O)c1ccccc1)N(C)CCOC(c1ccccc1)c1ccccc1.CN(C)CCOC(c1ccccc1)c1ccccc1.Cl.Cl. The molecule has 0 heterocycles. The fourth-order valence-electron chi connectivity index (χ4n) is 5.32. The number of rotatable bonds is 15. The maximum absolute atomic E-state index is 10.6. The first-order valence-electron chi connectivity index (χ1n) is 16.4. The van der Waals surface area contributed by atoms with Crippen molar-refractivity contribution >= 4 is 24.8 Å². The molecule has 0 fully saturated rings. The number of nitrogens with zero attached hydrogens (tertiary/aromatic N) is 2. The topological polar surface area (TPSA) is 45.2 Å². The van der Waals surface area contributed by atoms with Crippen LogP contribution < -0.4 is 0 Å². The largest absolute Gasteiger partial charge is 0.387 e. The molecule has 0 spiro atoms. The molecule has 0 aliphatic heterocycles. The minimum Gasteiger partial charge on any atom is -0.387 e. The van der Waals surface area contributed by atoms with Crippen LogP contribution in [0.1, 0.15) is 53.1 Å². The van der Waals surface area contributed by atoms with Crippen LogP contribution in [0.25, 0.3) is 0 Å². The summed E-state index contributed by atoms with van der Waals surface area (Å²) in [6.45, 7) is 5.01. The van der Waals surface area contributed by atoms with Crippen molar-refractivity contribution in [2.24, 2.45) is 0 Å². The minimum atomic E-state index is -0.523. The highest BCUT2D eigenvalue weighted by atomic mass is 35.5. The Morgan fingerprint density at radius 1 is 0.469 bits per heavy atom. The lowest BCUT2D eigenvalue weighted by molar-refractivity contribution is 0.0294. The summed E-state index contributed by atoms with van der Waals surface area (Å²) in [7, 11) is 6.15. The Labute approximate surface area is 306 Å². The van der Waals surface area contributed by atoms with Crippen LogP contribution in [0.5, 0.6) is 0 Å². The Morgan fingerprint density at radius 2 is 0.755 bits per heavy atom. The van der Waals surface area contributed by atoms with Gasteiger partial charge in [-0.1, -0.05) is 152 Å². The molecule has 1 N–H and O–H groups in total. The maximum Gasteiger partial charge on any atom is 0.108 e. The van der Waals surface area contributed by atoms with Crippen molar-refractivity contribution in [2.75, 3.05) is 47.4 Å². The average Bonchev–Trinajstić information content (AvgIpc) is 3.13. The Hall–Kier alpha value is -3.52. The molecule has 49 heavy (non-hydrogen) atoms.